The van der Waals surface area contributed by atoms with Crippen LogP contribution in [0.1, 0.15) is 0 Å². The fraction of sp³-hybridized carbons (Fsp3) is 0.600. The highest BCUT2D eigenvalue weighted by Crippen LogP contribution is 2.13. The van der Waals surface area contributed by atoms with Gasteiger partial charge in [-0.15, -0.1) is 0 Å². The van der Waals surface area contributed by atoms with Crippen LogP contribution in [0.3, 0.4) is 0 Å². The van der Waals surface area contributed by atoms with Crippen LogP contribution in [0, 0.1) is 20.2 Å². The largest absolute Gasteiger partial charge is 0.523 e. The van der Waals surface area contributed by atoms with Gasteiger partial charge in [0.05, 0.1) is 0 Å². The van der Waals surface area contributed by atoms with E-state index < -0.39 is 40.9 Å². The summed E-state index contributed by atoms with van der Waals surface area (Å²) in [6.07, 6.45) is -2.89. The van der Waals surface area contributed by atoms with E-state index in [2.05, 4.69) is 20.9 Å². The predicted octanol–water partition coefficient (Wildman–Crippen LogP) is -1.57. The maximum atomic E-state index is 10.6. The van der Waals surface area contributed by atoms with Crippen molar-refractivity contribution >= 4 is 12.2 Å². The van der Waals surface area contributed by atoms with Crippen LogP contribution in [0.5, 0.6) is 0 Å². The molecule has 0 saturated carbocycles. The van der Waals surface area contributed by atoms with Crippen molar-refractivity contribution in [1.29, 1.82) is 0 Å². The van der Waals surface area contributed by atoms with Crippen molar-refractivity contribution in [3.05, 3.63) is 20.2 Å². The Balaban J connectivity index is 4.99. The van der Waals surface area contributed by atoms with Gasteiger partial charge in [0.2, 0.25) is 13.2 Å². The number of carbonyl (C=O) groups is 2. The molecule has 96 valence electrons. The van der Waals surface area contributed by atoms with Crippen LogP contribution < -0.4 is 11.5 Å². The Bertz CT molecular complexity index is 320. The van der Waals surface area contributed by atoms with Crippen LogP contribution in [-0.2, 0) is 9.47 Å². The third-order valence-electron chi connectivity index (χ3n) is 1.57. The number of carbonyl (C=O) groups excluding carboxylic acids is 2. The number of nitro groups is 2. The van der Waals surface area contributed by atoms with Gasteiger partial charge in [0, 0.05) is 0 Å². The Morgan fingerprint density at radius 2 is 1.29 bits per heavy atom. The lowest BCUT2D eigenvalue weighted by Gasteiger charge is -2.15. The van der Waals surface area contributed by atoms with Crippen LogP contribution in [0.4, 0.5) is 9.59 Å². The summed E-state index contributed by atoms with van der Waals surface area (Å²) in [7, 11) is 0. The number of nitrogens with zero attached hydrogens (tertiary/aromatic N) is 2. The van der Waals surface area contributed by atoms with Crippen molar-refractivity contribution in [2.45, 2.75) is 5.66 Å². The number of amides is 2. The molecule has 0 aliphatic rings. The molecule has 0 atom stereocenters. The van der Waals surface area contributed by atoms with Crippen molar-refractivity contribution in [2.75, 3.05) is 13.2 Å². The molecule has 17 heavy (non-hydrogen) atoms. The number of hydrogen-bond donors (Lipinski definition) is 2. The highest BCUT2D eigenvalue weighted by molar-refractivity contribution is 5.65. The van der Waals surface area contributed by atoms with Gasteiger partial charge in [-0.2, -0.15) is 0 Å². The molecular formula is C5H8N4O8. The molecule has 0 aromatic heterocycles. The van der Waals surface area contributed by atoms with E-state index in [0.717, 1.165) is 0 Å². The maximum absolute atomic E-state index is 10.6. The Labute approximate surface area is 92.7 Å². The van der Waals surface area contributed by atoms with Crippen molar-refractivity contribution in [3.63, 3.8) is 0 Å². The first kappa shape index (κ1) is 14.3. The van der Waals surface area contributed by atoms with E-state index in [1.54, 1.807) is 0 Å². The lowest BCUT2D eigenvalue weighted by Crippen LogP contribution is -2.55. The van der Waals surface area contributed by atoms with Crippen LogP contribution in [-0.4, -0.2) is 40.9 Å². The van der Waals surface area contributed by atoms with Gasteiger partial charge in [0.25, 0.3) is 0 Å². The fourth-order valence-electron chi connectivity index (χ4n) is 0.693. The molecule has 0 aliphatic heterocycles. The first-order chi connectivity index (χ1) is 7.72. The second-order valence-corrected chi connectivity index (χ2v) is 2.71. The van der Waals surface area contributed by atoms with Gasteiger partial charge in [-0.3, -0.25) is 20.2 Å². The SMILES string of the molecule is NC(=O)OCC(COC(N)=O)([N+](=O)[O-])[N+](=O)[O-]. The minimum absolute atomic E-state index is 1.30. The molecule has 0 aromatic rings. The third kappa shape index (κ3) is 3.77. The predicted molar refractivity (Wildman–Crippen MR) is 47.8 cm³/mol. The zero-order valence-corrected chi connectivity index (χ0v) is 8.23. The van der Waals surface area contributed by atoms with E-state index in [0.29, 0.717) is 0 Å². The molecule has 0 unspecified atom stereocenters. The molecule has 4 N–H and O–H groups in total. The molecule has 0 aliphatic carbocycles. The molecule has 0 fully saturated rings. The molecular weight excluding hydrogens is 244 g/mol. The minimum atomic E-state index is -3.04. The Kier molecular flexibility index (Phi) is 4.58. The van der Waals surface area contributed by atoms with E-state index in [4.69, 9.17) is 0 Å². The molecule has 12 nitrogen and oxygen atoms in total. The number of hydrogen-bond acceptors (Lipinski definition) is 8. The van der Waals surface area contributed by atoms with Crippen LogP contribution in [0.15, 0.2) is 0 Å². The summed E-state index contributed by atoms with van der Waals surface area (Å²) in [5.74, 6) is 0. The van der Waals surface area contributed by atoms with Gasteiger partial charge in [-0.05, 0) is 0 Å². The van der Waals surface area contributed by atoms with Gasteiger partial charge in [-0.1, -0.05) is 0 Å². The van der Waals surface area contributed by atoms with Crippen LogP contribution >= 0.6 is 0 Å². The molecule has 12 heteroatoms. The van der Waals surface area contributed by atoms with E-state index in [1.165, 1.54) is 0 Å². The molecule has 0 bridgehead atoms. The quantitative estimate of drug-likeness (QED) is 0.321. The van der Waals surface area contributed by atoms with E-state index >= 15 is 0 Å². The number of primary amides is 2. The van der Waals surface area contributed by atoms with E-state index in [9.17, 15) is 29.8 Å². The Morgan fingerprint density at radius 3 is 1.47 bits per heavy atom. The van der Waals surface area contributed by atoms with Crippen molar-refractivity contribution in [3.8, 4) is 0 Å². The lowest BCUT2D eigenvalue weighted by atomic mass is 10.2. The number of rotatable bonds is 6. The second-order valence-electron chi connectivity index (χ2n) is 2.71. The zero-order chi connectivity index (χ0) is 13.6. The molecule has 0 rings (SSSR count). The summed E-state index contributed by atoms with van der Waals surface area (Å²) in [4.78, 5) is 38.9. The monoisotopic (exact) mass is 252 g/mol. The molecule has 0 radical (unpaired) electrons. The van der Waals surface area contributed by atoms with Gasteiger partial charge >= 0.3 is 17.8 Å². The molecule has 0 aromatic carbocycles. The van der Waals surface area contributed by atoms with Crippen molar-refractivity contribution in [1.82, 2.24) is 0 Å². The smallest absolute Gasteiger partial charge is 0.434 e. The van der Waals surface area contributed by atoms with E-state index in [1.807, 2.05) is 0 Å². The highest BCUT2D eigenvalue weighted by Gasteiger charge is 2.59. The average Bonchev–Trinajstić information content (AvgIpc) is 2.16. The molecule has 0 spiro atoms. The topological polar surface area (TPSA) is 191 Å². The molecule has 0 heterocycles. The summed E-state index contributed by atoms with van der Waals surface area (Å²) in [6.45, 7) is -2.59. The second kappa shape index (κ2) is 5.43. The van der Waals surface area contributed by atoms with Crippen LogP contribution in [0.25, 0.3) is 0 Å². The highest BCUT2D eigenvalue weighted by atomic mass is 16.7. The van der Waals surface area contributed by atoms with Gasteiger partial charge < -0.3 is 20.9 Å². The van der Waals surface area contributed by atoms with Gasteiger partial charge in [0.15, 0.2) is 0 Å². The van der Waals surface area contributed by atoms with Crippen LogP contribution in [0.2, 0.25) is 0 Å². The minimum Gasteiger partial charge on any atom is -0.434 e. The van der Waals surface area contributed by atoms with Crippen molar-refractivity contribution in [2.24, 2.45) is 11.5 Å². The molecule has 2 amide bonds. The Morgan fingerprint density at radius 1 is 1.00 bits per heavy atom. The lowest BCUT2D eigenvalue weighted by molar-refractivity contribution is -0.799. The summed E-state index contributed by atoms with van der Waals surface area (Å²) >= 11 is 0. The maximum Gasteiger partial charge on any atom is 0.523 e. The summed E-state index contributed by atoms with van der Waals surface area (Å²) in [5.41, 5.74) is 6.00. The average molecular weight is 252 g/mol. The summed E-state index contributed by atoms with van der Waals surface area (Å²) in [6, 6.07) is 0. The van der Waals surface area contributed by atoms with Gasteiger partial charge in [0.1, 0.15) is 9.85 Å². The summed E-state index contributed by atoms with van der Waals surface area (Å²) in [5, 5.41) is 21.2. The number of nitrogens with two attached hydrogens (primary N) is 2. The Hall–Kier alpha value is -2.66. The first-order valence-corrected chi connectivity index (χ1v) is 3.86. The van der Waals surface area contributed by atoms with Gasteiger partial charge in [-0.25, -0.2) is 9.59 Å². The molecule has 0 saturated heterocycles. The number of ether oxygens (including phenoxy) is 2. The first-order valence-electron chi connectivity index (χ1n) is 3.86. The van der Waals surface area contributed by atoms with Crippen molar-refractivity contribution < 1.29 is 28.9 Å². The summed E-state index contributed by atoms with van der Waals surface area (Å²) < 4.78 is 7.97. The fourth-order valence-corrected chi connectivity index (χ4v) is 0.693. The normalized spacial score (nSPS) is 10.4. The van der Waals surface area contributed by atoms with E-state index in [-0.39, 0.29) is 0 Å². The third-order valence-corrected chi connectivity index (χ3v) is 1.57. The zero-order valence-electron chi connectivity index (χ0n) is 8.23. The standard InChI is InChI=1S/C5H8N4O8/c6-3(10)16-1-5(8(12)13,9(14)15)2-17-4(7)11/h1-2H2,(H2,6,10)(H2,7,11).